The quantitative estimate of drug-likeness (QED) is 0.541. The Hall–Kier alpha value is -1.26. The van der Waals surface area contributed by atoms with Gasteiger partial charge in [-0.15, -0.1) is 0 Å². The van der Waals surface area contributed by atoms with E-state index in [4.69, 9.17) is 0 Å². The van der Waals surface area contributed by atoms with Crippen molar-refractivity contribution in [1.82, 2.24) is 15.5 Å². The number of hydrogen-bond donors (Lipinski definition) is 2. The van der Waals surface area contributed by atoms with Crippen LogP contribution in [0.25, 0.3) is 0 Å². The first kappa shape index (κ1) is 13.8. The first-order valence-corrected chi connectivity index (χ1v) is 6.29. The number of nitrogens with one attached hydrogen (secondary N) is 2. The van der Waals surface area contributed by atoms with E-state index in [2.05, 4.69) is 22.5 Å². The Kier molecular flexibility index (Phi) is 5.25. The van der Waals surface area contributed by atoms with Crippen molar-refractivity contribution in [2.24, 2.45) is 10.9 Å². The molecule has 1 aliphatic carbocycles. The molecule has 5 heteroatoms. The maximum absolute atomic E-state index is 11.4. The Balaban J connectivity index is 2.32. The van der Waals surface area contributed by atoms with Gasteiger partial charge in [0.05, 0.1) is 6.54 Å². The monoisotopic (exact) mass is 240 g/mol. The second kappa shape index (κ2) is 6.47. The summed E-state index contributed by atoms with van der Waals surface area (Å²) in [6.45, 7) is 5.64. The fourth-order valence-electron chi connectivity index (χ4n) is 1.51. The van der Waals surface area contributed by atoms with Crippen LogP contribution in [-0.2, 0) is 4.79 Å². The van der Waals surface area contributed by atoms with E-state index in [0.29, 0.717) is 19.0 Å². The Labute approximate surface area is 104 Å². The molecular weight excluding hydrogens is 216 g/mol. The molecule has 1 rings (SSSR count). The number of aliphatic imine (C=N–C) groups is 1. The van der Waals surface area contributed by atoms with E-state index in [1.54, 1.807) is 19.0 Å². The largest absolute Gasteiger partial charge is 0.357 e. The third-order valence-corrected chi connectivity index (χ3v) is 2.87. The molecule has 0 aliphatic heterocycles. The van der Waals surface area contributed by atoms with Gasteiger partial charge in [-0.05, 0) is 19.3 Å². The van der Waals surface area contributed by atoms with E-state index >= 15 is 0 Å². The van der Waals surface area contributed by atoms with Crippen molar-refractivity contribution in [3.8, 4) is 0 Å². The number of amides is 1. The third-order valence-electron chi connectivity index (χ3n) is 2.87. The molecule has 0 aromatic carbocycles. The van der Waals surface area contributed by atoms with Crippen LogP contribution in [-0.4, -0.2) is 50.0 Å². The van der Waals surface area contributed by atoms with Crippen LogP contribution in [0.1, 0.15) is 26.7 Å². The first-order valence-electron chi connectivity index (χ1n) is 6.29. The fourth-order valence-corrected chi connectivity index (χ4v) is 1.51. The van der Waals surface area contributed by atoms with E-state index in [9.17, 15) is 4.79 Å². The van der Waals surface area contributed by atoms with Gasteiger partial charge in [-0.1, -0.05) is 6.92 Å². The highest BCUT2D eigenvalue weighted by atomic mass is 16.2. The maximum atomic E-state index is 11.4. The predicted octanol–water partition coefficient (Wildman–Crippen LogP) is 0.428. The maximum Gasteiger partial charge on any atom is 0.223 e. The van der Waals surface area contributed by atoms with Crippen molar-refractivity contribution in [2.75, 3.05) is 27.2 Å². The zero-order chi connectivity index (χ0) is 12.8. The molecule has 0 spiro atoms. The second-order valence-electron chi connectivity index (χ2n) is 4.76. The normalized spacial score (nSPS) is 23.2. The van der Waals surface area contributed by atoms with Crippen molar-refractivity contribution < 1.29 is 4.79 Å². The standard InChI is InChI=1S/C12H24N4O/c1-5-13-12(15-10-8-9(10)2)14-7-6-11(17)16(3)4/h9-10H,5-8H2,1-4H3,(H2,13,14,15). The average molecular weight is 240 g/mol. The van der Waals surface area contributed by atoms with Crippen LogP contribution in [0, 0.1) is 5.92 Å². The van der Waals surface area contributed by atoms with Crippen LogP contribution in [0.2, 0.25) is 0 Å². The Bertz CT molecular complexity index is 288. The van der Waals surface area contributed by atoms with Crippen molar-refractivity contribution in [2.45, 2.75) is 32.7 Å². The van der Waals surface area contributed by atoms with Crippen LogP contribution in [0.5, 0.6) is 0 Å². The molecule has 17 heavy (non-hydrogen) atoms. The number of hydrogen-bond acceptors (Lipinski definition) is 2. The van der Waals surface area contributed by atoms with Crippen molar-refractivity contribution in [3.63, 3.8) is 0 Å². The summed E-state index contributed by atoms with van der Waals surface area (Å²) in [5, 5.41) is 6.55. The lowest BCUT2D eigenvalue weighted by molar-refractivity contribution is -0.128. The number of carbonyl (C=O) groups is 1. The molecule has 1 amide bonds. The molecule has 98 valence electrons. The average Bonchev–Trinajstić information content (AvgIpc) is 2.94. The second-order valence-corrected chi connectivity index (χ2v) is 4.76. The fraction of sp³-hybridized carbons (Fsp3) is 0.833. The summed E-state index contributed by atoms with van der Waals surface area (Å²) in [7, 11) is 3.53. The molecule has 0 aromatic rings. The van der Waals surface area contributed by atoms with E-state index < -0.39 is 0 Å². The van der Waals surface area contributed by atoms with Gasteiger partial charge in [-0.3, -0.25) is 9.79 Å². The summed E-state index contributed by atoms with van der Waals surface area (Å²) in [5.74, 6) is 1.68. The molecule has 2 unspecified atom stereocenters. The number of guanidine groups is 1. The lowest BCUT2D eigenvalue weighted by Crippen LogP contribution is -2.39. The minimum Gasteiger partial charge on any atom is -0.357 e. The Morgan fingerprint density at radius 1 is 1.47 bits per heavy atom. The van der Waals surface area contributed by atoms with E-state index in [1.807, 2.05) is 6.92 Å². The molecule has 0 bridgehead atoms. The molecule has 0 aromatic heterocycles. The summed E-state index contributed by atoms with van der Waals surface area (Å²) in [5.41, 5.74) is 0. The minimum absolute atomic E-state index is 0.115. The highest BCUT2D eigenvalue weighted by molar-refractivity contribution is 5.81. The molecule has 2 N–H and O–H groups in total. The molecule has 0 saturated heterocycles. The zero-order valence-electron chi connectivity index (χ0n) is 11.3. The highest BCUT2D eigenvalue weighted by Gasteiger charge is 2.33. The molecule has 1 fully saturated rings. The van der Waals surface area contributed by atoms with Gasteiger partial charge in [-0.25, -0.2) is 0 Å². The lowest BCUT2D eigenvalue weighted by atomic mass is 10.4. The van der Waals surface area contributed by atoms with Gasteiger partial charge in [0.15, 0.2) is 5.96 Å². The van der Waals surface area contributed by atoms with Gasteiger partial charge in [0.1, 0.15) is 0 Å². The molecule has 1 saturated carbocycles. The topological polar surface area (TPSA) is 56.7 Å². The molecular formula is C12H24N4O. The SMILES string of the molecule is CCNC(=NCCC(=O)N(C)C)NC1CC1C. The zero-order valence-corrected chi connectivity index (χ0v) is 11.3. The van der Waals surface area contributed by atoms with Crippen LogP contribution >= 0.6 is 0 Å². The Morgan fingerprint density at radius 2 is 2.12 bits per heavy atom. The number of nitrogens with zero attached hydrogens (tertiary/aromatic N) is 2. The molecule has 5 nitrogen and oxygen atoms in total. The predicted molar refractivity (Wildman–Crippen MR) is 70.0 cm³/mol. The van der Waals surface area contributed by atoms with Crippen molar-refractivity contribution >= 4 is 11.9 Å². The minimum atomic E-state index is 0.115. The van der Waals surface area contributed by atoms with Gasteiger partial charge in [0.25, 0.3) is 0 Å². The summed E-state index contributed by atoms with van der Waals surface area (Å²) < 4.78 is 0. The van der Waals surface area contributed by atoms with E-state index in [0.717, 1.165) is 18.4 Å². The molecule has 0 heterocycles. The summed E-state index contributed by atoms with van der Waals surface area (Å²) >= 11 is 0. The highest BCUT2D eigenvalue weighted by Crippen LogP contribution is 2.28. The molecule has 1 aliphatic rings. The third kappa shape index (κ3) is 5.06. The van der Waals surface area contributed by atoms with E-state index in [1.165, 1.54) is 6.42 Å². The molecule has 2 atom stereocenters. The lowest BCUT2D eigenvalue weighted by Gasteiger charge is -2.11. The summed E-state index contributed by atoms with van der Waals surface area (Å²) in [6, 6.07) is 0.553. The first-order chi connectivity index (χ1) is 8.04. The Morgan fingerprint density at radius 3 is 2.59 bits per heavy atom. The number of rotatable bonds is 5. The van der Waals surface area contributed by atoms with Gasteiger partial charge in [0, 0.05) is 33.1 Å². The van der Waals surface area contributed by atoms with Gasteiger partial charge < -0.3 is 15.5 Å². The van der Waals surface area contributed by atoms with Crippen LogP contribution in [0.4, 0.5) is 0 Å². The summed E-state index contributed by atoms with van der Waals surface area (Å²) in [6.07, 6.45) is 1.67. The van der Waals surface area contributed by atoms with E-state index in [-0.39, 0.29) is 5.91 Å². The van der Waals surface area contributed by atoms with Gasteiger partial charge in [0.2, 0.25) is 5.91 Å². The van der Waals surface area contributed by atoms with Crippen molar-refractivity contribution in [1.29, 1.82) is 0 Å². The van der Waals surface area contributed by atoms with Crippen molar-refractivity contribution in [3.05, 3.63) is 0 Å². The number of carbonyl (C=O) groups excluding carboxylic acids is 1. The van der Waals surface area contributed by atoms with Gasteiger partial charge >= 0.3 is 0 Å². The van der Waals surface area contributed by atoms with Crippen LogP contribution < -0.4 is 10.6 Å². The summed E-state index contributed by atoms with van der Waals surface area (Å²) in [4.78, 5) is 17.4. The van der Waals surface area contributed by atoms with Gasteiger partial charge in [-0.2, -0.15) is 0 Å². The molecule has 0 radical (unpaired) electrons. The van der Waals surface area contributed by atoms with Crippen LogP contribution in [0.15, 0.2) is 4.99 Å². The smallest absolute Gasteiger partial charge is 0.223 e. The van der Waals surface area contributed by atoms with Crippen LogP contribution in [0.3, 0.4) is 0 Å².